The number of hydrogen-bond donors (Lipinski definition) is 1. The van der Waals surface area contributed by atoms with Crippen molar-refractivity contribution in [3.8, 4) is 5.75 Å². The molecule has 0 aliphatic heterocycles. The molecule has 0 aliphatic rings. The van der Waals surface area contributed by atoms with Crippen LogP contribution in [0.5, 0.6) is 5.75 Å². The Morgan fingerprint density at radius 3 is 2.55 bits per heavy atom. The summed E-state index contributed by atoms with van der Waals surface area (Å²) in [5.41, 5.74) is 0.0946. The van der Waals surface area contributed by atoms with E-state index in [9.17, 15) is 13.2 Å². The second-order valence-corrected chi connectivity index (χ2v) is 6.70. The fourth-order valence-corrected chi connectivity index (χ4v) is 2.39. The van der Waals surface area contributed by atoms with Crippen LogP contribution in [-0.4, -0.2) is 41.2 Å². The van der Waals surface area contributed by atoms with E-state index in [-0.39, 0.29) is 22.3 Å². The minimum absolute atomic E-state index is 0.0946. The third-order valence-electron chi connectivity index (χ3n) is 2.49. The van der Waals surface area contributed by atoms with Gasteiger partial charge in [-0.3, -0.25) is 4.79 Å². The lowest BCUT2D eigenvalue weighted by Crippen LogP contribution is -2.35. The van der Waals surface area contributed by atoms with Crippen molar-refractivity contribution in [3.05, 3.63) is 23.8 Å². The fourth-order valence-electron chi connectivity index (χ4n) is 1.61. The number of amides is 1. The Labute approximate surface area is 122 Å². The lowest BCUT2D eigenvalue weighted by atomic mass is 10.1. The Hall–Kier alpha value is -1.31. The van der Waals surface area contributed by atoms with E-state index >= 15 is 0 Å². The van der Waals surface area contributed by atoms with Gasteiger partial charge in [-0.1, -0.05) is 0 Å². The highest BCUT2D eigenvalue weighted by Crippen LogP contribution is 2.24. The summed E-state index contributed by atoms with van der Waals surface area (Å²) in [4.78, 5) is 11.9. The number of methoxy groups -OCH3 is 2. The minimum Gasteiger partial charge on any atom is -0.496 e. The monoisotopic (exact) mass is 321 g/mol. The molecule has 0 fully saturated rings. The normalized spacial score (nSPS) is 12.8. The summed E-state index contributed by atoms with van der Waals surface area (Å²) >= 11 is 0. The first kappa shape index (κ1) is 16.7. The summed E-state index contributed by atoms with van der Waals surface area (Å²) in [6.07, 6.45) is 0. The summed E-state index contributed by atoms with van der Waals surface area (Å²) < 4.78 is 32.6. The molecule has 0 saturated carbocycles. The third-order valence-corrected chi connectivity index (χ3v) is 3.84. The van der Waals surface area contributed by atoms with Gasteiger partial charge in [0.05, 0.1) is 24.2 Å². The maximum absolute atomic E-state index is 12.1. The Morgan fingerprint density at radius 2 is 2.05 bits per heavy atom. The highest BCUT2D eigenvalue weighted by atomic mass is 35.7. The van der Waals surface area contributed by atoms with E-state index in [4.69, 9.17) is 20.2 Å². The van der Waals surface area contributed by atoms with Crippen molar-refractivity contribution in [3.63, 3.8) is 0 Å². The fraction of sp³-hybridized carbons (Fsp3) is 0.417. The lowest BCUT2D eigenvalue weighted by molar-refractivity contribution is 0.0902. The van der Waals surface area contributed by atoms with Crippen molar-refractivity contribution in [2.75, 3.05) is 20.8 Å². The van der Waals surface area contributed by atoms with E-state index in [0.717, 1.165) is 0 Å². The zero-order valence-electron chi connectivity index (χ0n) is 11.3. The van der Waals surface area contributed by atoms with Crippen LogP contribution in [0.3, 0.4) is 0 Å². The Balaban J connectivity index is 3.11. The van der Waals surface area contributed by atoms with Gasteiger partial charge in [-0.05, 0) is 25.1 Å². The molecule has 6 nitrogen and oxygen atoms in total. The molecule has 0 saturated heterocycles. The zero-order valence-corrected chi connectivity index (χ0v) is 12.9. The highest BCUT2D eigenvalue weighted by molar-refractivity contribution is 8.13. The number of carbonyl (C=O) groups excluding carboxylic acids is 1. The maximum atomic E-state index is 12.1. The van der Waals surface area contributed by atoms with Crippen LogP contribution in [-0.2, 0) is 13.8 Å². The van der Waals surface area contributed by atoms with Crippen molar-refractivity contribution in [2.24, 2.45) is 0 Å². The molecule has 1 amide bonds. The lowest BCUT2D eigenvalue weighted by Gasteiger charge is -2.14. The summed E-state index contributed by atoms with van der Waals surface area (Å²) in [5, 5.41) is 2.67. The van der Waals surface area contributed by atoms with E-state index in [0.29, 0.717) is 6.61 Å². The molecule has 0 radical (unpaired) electrons. The molecule has 0 heterocycles. The molecule has 20 heavy (non-hydrogen) atoms. The number of benzene rings is 1. The van der Waals surface area contributed by atoms with Gasteiger partial charge in [-0.25, -0.2) is 8.42 Å². The molecule has 1 aromatic rings. The first-order valence-corrected chi connectivity index (χ1v) is 8.03. The summed E-state index contributed by atoms with van der Waals surface area (Å²) in [7, 11) is 4.26. The van der Waals surface area contributed by atoms with Gasteiger partial charge in [0, 0.05) is 23.8 Å². The molecule has 112 valence electrons. The van der Waals surface area contributed by atoms with Crippen LogP contribution in [0.1, 0.15) is 17.3 Å². The van der Waals surface area contributed by atoms with Crippen LogP contribution >= 0.6 is 10.7 Å². The van der Waals surface area contributed by atoms with Gasteiger partial charge in [-0.15, -0.1) is 0 Å². The predicted molar refractivity (Wildman–Crippen MR) is 74.8 cm³/mol. The smallest absolute Gasteiger partial charge is 0.261 e. The van der Waals surface area contributed by atoms with Crippen LogP contribution in [0.15, 0.2) is 23.1 Å². The summed E-state index contributed by atoms with van der Waals surface area (Å²) in [5.74, 6) is -0.204. The quantitative estimate of drug-likeness (QED) is 0.801. The molecular formula is C12H16ClNO5S. The first-order chi connectivity index (χ1) is 9.29. The number of rotatable bonds is 6. The Kier molecular flexibility index (Phi) is 5.79. The second kappa shape index (κ2) is 6.92. The van der Waals surface area contributed by atoms with Gasteiger partial charge < -0.3 is 14.8 Å². The van der Waals surface area contributed by atoms with Gasteiger partial charge in [0.1, 0.15) is 5.75 Å². The average molecular weight is 322 g/mol. The van der Waals surface area contributed by atoms with Gasteiger partial charge >= 0.3 is 0 Å². The van der Waals surface area contributed by atoms with Crippen LogP contribution in [0.25, 0.3) is 0 Å². The Morgan fingerprint density at radius 1 is 1.40 bits per heavy atom. The van der Waals surface area contributed by atoms with Gasteiger partial charge in [0.15, 0.2) is 0 Å². The molecule has 1 aromatic carbocycles. The SMILES string of the molecule is COCC(C)NC(=O)c1cc(S(=O)(=O)Cl)ccc1OC. The third kappa shape index (κ3) is 4.36. The molecule has 1 unspecified atom stereocenters. The van der Waals surface area contributed by atoms with E-state index in [1.54, 1.807) is 6.92 Å². The van der Waals surface area contributed by atoms with Crippen LogP contribution < -0.4 is 10.1 Å². The Bertz CT molecular complexity index is 588. The molecular weight excluding hydrogens is 306 g/mol. The van der Waals surface area contributed by atoms with Gasteiger partial charge in [0.2, 0.25) is 0 Å². The number of nitrogens with one attached hydrogen (secondary N) is 1. The van der Waals surface area contributed by atoms with Crippen LogP contribution in [0.4, 0.5) is 0 Å². The van der Waals surface area contributed by atoms with Gasteiger partial charge in [0.25, 0.3) is 15.0 Å². The van der Waals surface area contributed by atoms with Crippen LogP contribution in [0, 0.1) is 0 Å². The molecule has 8 heteroatoms. The van der Waals surface area contributed by atoms with E-state index in [2.05, 4.69) is 5.32 Å². The van der Waals surface area contributed by atoms with Crippen molar-refractivity contribution in [1.29, 1.82) is 0 Å². The predicted octanol–water partition coefficient (Wildman–Crippen LogP) is 1.39. The van der Waals surface area contributed by atoms with E-state index in [1.807, 2.05) is 0 Å². The van der Waals surface area contributed by atoms with Crippen molar-refractivity contribution >= 4 is 25.6 Å². The summed E-state index contributed by atoms with van der Waals surface area (Å²) in [6, 6.07) is 3.60. The largest absolute Gasteiger partial charge is 0.496 e. The van der Waals surface area contributed by atoms with Crippen molar-refractivity contribution in [2.45, 2.75) is 17.9 Å². The van der Waals surface area contributed by atoms with E-state index < -0.39 is 15.0 Å². The molecule has 0 aliphatic carbocycles. The zero-order chi connectivity index (χ0) is 15.3. The van der Waals surface area contributed by atoms with Gasteiger partial charge in [-0.2, -0.15) is 0 Å². The molecule has 0 aromatic heterocycles. The molecule has 0 bridgehead atoms. The van der Waals surface area contributed by atoms with E-state index in [1.165, 1.54) is 32.4 Å². The van der Waals surface area contributed by atoms with Crippen LogP contribution in [0.2, 0.25) is 0 Å². The molecule has 0 spiro atoms. The highest BCUT2D eigenvalue weighted by Gasteiger charge is 2.19. The number of hydrogen-bond acceptors (Lipinski definition) is 5. The molecule has 1 N–H and O–H groups in total. The topological polar surface area (TPSA) is 81.7 Å². The number of carbonyl (C=O) groups is 1. The standard InChI is InChI=1S/C12H16ClNO5S/c1-8(7-18-2)14-12(15)10-6-9(20(13,16)17)4-5-11(10)19-3/h4-6,8H,7H2,1-3H3,(H,14,15). The average Bonchev–Trinajstić information content (AvgIpc) is 2.37. The minimum atomic E-state index is -3.91. The van der Waals surface area contributed by atoms with Crippen molar-refractivity contribution in [1.82, 2.24) is 5.32 Å². The number of ether oxygens (including phenoxy) is 2. The molecule has 1 rings (SSSR count). The molecule has 1 atom stereocenters. The second-order valence-electron chi connectivity index (χ2n) is 4.13. The number of halogens is 1. The maximum Gasteiger partial charge on any atom is 0.261 e. The first-order valence-electron chi connectivity index (χ1n) is 5.72. The summed E-state index contributed by atoms with van der Waals surface area (Å²) in [6.45, 7) is 2.09. The van der Waals surface area contributed by atoms with Crippen molar-refractivity contribution < 1.29 is 22.7 Å².